The number of rotatable bonds is 5. The highest BCUT2D eigenvalue weighted by atomic mass is 32.1. The minimum absolute atomic E-state index is 0.0249. The zero-order valence-electron chi connectivity index (χ0n) is 15.8. The zero-order chi connectivity index (χ0) is 21.3. The first-order valence-corrected chi connectivity index (χ1v) is 9.36. The summed E-state index contributed by atoms with van der Waals surface area (Å²) in [6.07, 6.45) is 1.15. The highest BCUT2D eigenvalue weighted by molar-refractivity contribution is 7.11. The van der Waals surface area contributed by atoms with Crippen LogP contribution < -0.4 is 5.32 Å². The minimum Gasteiger partial charge on any atom is -0.356 e. The van der Waals surface area contributed by atoms with Gasteiger partial charge in [0.05, 0.1) is 12.1 Å². The van der Waals surface area contributed by atoms with Crippen molar-refractivity contribution in [3.05, 3.63) is 68.7 Å². The molecule has 0 bridgehead atoms. The van der Waals surface area contributed by atoms with E-state index in [1.54, 1.807) is 0 Å². The smallest absolute Gasteiger partial charge is 0.268 e. The van der Waals surface area contributed by atoms with Gasteiger partial charge in [0, 0.05) is 29.3 Å². The Kier molecular flexibility index (Phi) is 5.56. The number of hydrogen-bond donors (Lipinski definition) is 2. The summed E-state index contributed by atoms with van der Waals surface area (Å²) in [7, 11) is 0. The molecule has 0 unspecified atom stereocenters. The molecule has 10 heteroatoms. The van der Waals surface area contributed by atoms with Gasteiger partial charge in [-0.25, -0.2) is 13.2 Å². The number of nitrogens with one attached hydrogen (secondary N) is 2. The highest BCUT2D eigenvalue weighted by Crippen LogP contribution is 2.25. The van der Waals surface area contributed by atoms with Crippen LogP contribution in [0.15, 0.2) is 24.4 Å². The van der Waals surface area contributed by atoms with Gasteiger partial charge in [0.2, 0.25) is 0 Å². The Morgan fingerprint density at radius 3 is 2.34 bits per heavy atom. The number of benzene rings is 1. The molecule has 1 aromatic carbocycles. The Bertz CT molecular complexity index is 1060. The Balaban J connectivity index is 1.70. The average Bonchev–Trinajstić information content (AvgIpc) is 3.28. The summed E-state index contributed by atoms with van der Waals surface area (Å²) in [4.78, 5) is 27.2. The van der Waals surface area contributed by atoms with Crippen LogP contribution in [0.1, 0.15) is 57.2 Å². The predicted octanol–water partition coefficient (Wildman–Crippen LogP) is 3.74. The summed E-state index contributed by atoms with van der Waals surface area (Å²) >= 11 is 1.37. The Morgan fingerprint density at radius 1 is 1.10 bits per heavy atom. The number of aromatic amines is 1. The molecule has 0 fully saturated rings. The number of nitrogens with zero attached hydrogens (tertiary/aromatic N) is 2. The first-order chi connectivity index (χ1) is 13.6. The molecule has 0 spiro atoms. The van der Waals surface area contributed by atoms with E-state index in [2.05, 4.69) is 20.5 Å². The van der Waals surface area contributed by atoms with E-state index in [4.69, 9.17) is 0 Å². The molecule has 29 heavy (non-hydrogen) atoms. The molecular weight excluding hydrogens is 405 g/mol. The molecule has 0 aliphatic rings. The van der Waals surface area contributed by atoms with E-state index >= 15 is 0 Å². The van der Waals surface area contributed by atoms with E-state index in [0.717, 1.165) is 11.2 Å². The lowest BCUT2D eigenvalue weighted by Crippen LogP contribution is -2.23. The molecule has 1 amide bonds. The SMILES string of the molecule is CC(C)(C)c1nnc(CNC(=O)c2cc(C(=O)c3c(F)cc(F)cc3F)c[nH]2)s1. The first-order valence-electron chi connectivity index (χ1n) is 8.55. The van der Waals surface area contributed by atoms with E-state index in [9.17, 15) is 22.8 Å². The fraction of sp³-hybridized carbons (Fsp3) is 0.263. The summed E-state index contributed by atoms with van der Waals surface area (Å²) in [6.45, 7) is 6.14. The monoisotopic (exact) mass is 422 g/mol. The maximum absolute atomic E-state index is 13.8. The number of halogens is 3. The van der Waals surface area contributed by atoms with Gasteiger partial charge in [0.15, 0.2) is 5.78 Å². The molecule has 0 aliphatic carbocycles. The minimum atomic E-state index is -1.31. The number of H-pyrrole nitrogens is 1. The molecule has 0 radical (unpaired) electrons. The summed E-state index contributed by atoms with van der Waals surface area (Å²) in [5.41, 5.74) is -1.15. The number of amides is 1. The molecule has 3 aromatic rings. The molecule has 6 nitrogen and oxygen atoms in total. The molecule has 3 rings (SSSR count). The van der Waals surface area contributed by atoms with Crippen LogP contribution in [-0.2, 0) is 12.0 Å². The second kappa shape index (κ2) is 7.78. The molecular formula is C19H17F3N4O2S. The number of aromatic nitrogens is 3. The Hall–Kier alpha value is -3.01. The van der Waals surface area contributed by atoms with Crippen LogP contribution in [0.2, 0.25) is 0 Å². The van der Waals surface area contributed by atoms with Gasteiger partial charge in [0.25, 0.3) is 5.91 Å². The van der Waals surface area contributed by atoms with Crippen molar-refractivity contribution < 1.29 is 22.8 Å². The second-order valence-electron chi connectivity index (χ2n) is 7.31. The van der Waals surface area contributed by atoms with Gasteiger partial charge < -0.3 is 10.3 Å². The maximum Gasteiger partial charge on any atom is 0.268 e. The van der Waals surface area contributed by atoms with Crippen molar-refractivity contribution in [2.75, 3.05) is 0 Å². The van der Waals surface area contributed by atoms with Crippen molar-refractivity contribution >= 4 is 23.0 Å². The summed E-state index contributed by atoms with van der Waals surface area (Å²) in [6, 6.07) is 2.01. The van der Waals surface area contributed by atoms with Crippen LogP contribution in [0.5, 0.6) is 0 Å². The van der Waals surface area contributed by atoms with Crippen LogP contribution >= 0.6 is 11.3 Å². The fourth-order valence-electron chi connectivity index (χ4n) is 2.44. The standard InChI is InChI=1S/C19H17F3N4O2S/c1-19(2,3)18-26-25-14(29-18)8-24-17(28)13-4-9(7-23-13)16(27)15-11(21)5-10(20)6-12(15)22/h4-7,23H,8H2,1-3H3,(H,24,28). The normalized spacial score (nSPS) is 11.5. The molecule has 0 atom stereocenters. The first kappa shape index (κ1) is 20.7. The Morgan fingerprint density at radius 2 is 1.76 bits per heavy atom. The lowest BCUT2D eigenvalue weighted by atomic mass is 9.98. The molecule has 0 aliphatic heterocycles. The molecule has 2 N–H and O–H groups in total. The van der Waals surface area contributed by atoms with E-state index in [1.165, 1.54) is 17.4 Å². The van der Waals surface area contributed by atoms with Gasteiger partial charge in [-0.2, -0.15) is 0 Å². The number of carbonyl (C=O) groups excluding carboxylic acids is 2. The van der Waals surface area contributed by atoms with Gasteiger partial charge in [-0.15, -0.1) is 10.2 Å². The van der Waals surface area contributed by atoms with Gasteiger partial charge >= 0.3 is 0 Å². The van der Waals surface area contributed by atoms with Gasteiger partial charge in [-0.05, 0) is 6.07 Å². The summed E-state index contributed by atoms with van der Waals surface area (Å²) < 4.78 is 40.6. The third kappa shape index (κ3) is 4.53. The largest absolute Gasteiger partial charge is 0.356 e. The third-order valence-corrected chi connectivity index (χ3v) is 5.28. The molecule has 0 saturated carbocycles. The third-order valence-electron chi connectivity index (χ3n) is 3.93. The van der Waals surface area contributed by atoms with Crippen LogP contribution in [0, 0.1) is 17.5 Å². The number of carbonyl (C=O) groups is 2. The van der Waals surface area contributed by atoms with Gasteiger partial charge in [-0.3, -0.25) is 9.59 Å². The van der Waals surface area contributed by atoms with Crippen molar-refractivity contribution in [3.63, 3.8) is 0 Å². The van der Waals surface area contributed by atoms with E-state index in [1.807, 2.05) is 20.8 Å². The highest BCUT2D eigenvalue weighted by Gasteiger charge is 2.23. The van der Waals surface area contributed by atoms with Crippen LogP contribution in [0.3, 0.4) is 0 Å². The van der Waals surface area contributed by atoms with Crippen molar-refractivity contribution in [2.24, 2.45) is 0 Å². The maximum atomic E-state index is 13.8. The van der Waals surface area contributed by atoms with Crippen molar-refractivity contribution in [1.82, 2.24) is 20.5 Å². The predicted molar refractivity (Wildman–Crippen MR) is 100 cm³/mol. The van der Waals surface area contributed by atoms with Crippen LogP contribution in [0.25, 0.3) is 0 Å². The van der Waals surface area contributed by atoms with E-state index in [0.29, 0.717) is 17.1 Å². The van der Waals surface area contributed by atoms with Crippen molar-refractivity contribution in [3.8, 4) is 0 Å². The lowest BCUT2D eigenvalue weighted by molar-refractivity contribution is 0.0946. The van der Waals surface area contributed by atoms with Gasteiger partial charge in [0.1, 0.15) is 33.2 Å². The quantitative estimate of drug-likeness (QED) is 0.613. The average molecular weight is 422 g/mol. The summed E-state index contributed by atoms with van der Waals surface area (Å²) in [5.74, 6) is -5.29. The topological polar surface area (TPSA) is 87.7 Å². The zero-order valence-corrected chi connectivity index (χ0v) is 16.6. The van der Waals surface area contributed by atoms with Crippen LogP contribution in [0.4, 0.5) is 13.2 Å². The van der Waals surface area contributed by atoms with Crippen molar-refractivity contribution in [1.29, 1.82) is 0 Å². The van der Waals surface area contributed by atoms with E-state index < -0.39 is 34.7 Å². The fourth-order valence-corrected chi connectivity index (χ4v) is 3.28. The Labute approximate surface area is 168 Å². The number of hydrogen-bond acceptors (Lipinski definition) is 5. The number of ketones is 1. The van der Waals surface area contributed by atoms with E-state index in [-0.39, 0.29) is 23.2 Å². The molecule has 2 heterocycles. The van der Waals surface area contributed by atoms with Crippen LogP contribution in [-0.4, -0.2) is 26.9 Å². The summed E-state index contributed by atoms with van der Waals surface area (Å²) in [5, 5.41) is 12.2. The van der Waals surface area contributed by atoms with Gasteiger partial charge in [-0.1, -0.05) is 32.1 Å². The molecule has 2 aromatic heterocycles. The molecule has 152 valence electrons. The lowest BCUT2D eigenvalue weighted by Gasteiger charge is -2.12. The second-order valence-corrected chi connectivity index (χ2v) is 8.37. The van der Waals surface area contributed by atoms with Crippen molar-refractivity contribution in [2.45, 2.75) is 32.7 Å². The molecule has 0 saturated heterocycles.